The zero-order valence-electron chi connectivity index (χ0n) is 10.3. The molecule has 1 N–H and O–H groups in total. The normalized spacial score (nSPS) is 10.1. The molecule has 0 spiro atoms. The van der Waals surface area contributed by atoms with Gasteiger partial charge < -0.3 is 10.2 Å². The molecule has 0 fully saturated rings. The number of hydrogen-bond donors (Lipinski definition) is 1. The highest BCUT2D eigenvalue weighted by Gasteiger charge is 2.15. The minimum absolute atomic E-state index is 0.0485. The second-order valence-corrected chi connectivity index (χ2v) is 4.07. The molecule has 0 aliphatic heterocycles. The SMILES string of the molecule is CCCN(CC(=O)NC)c1ncnc(Cl)c1C. The summed E-state index contributed by atoms with van der Waals surface area (Å²) in [4.78, 5) is 21.4. The molecular weight excluding hydrogens is 240 g/mol. The fourth-order valence-electron chi connectivity index (χ4n) is 1.52. The first-order chi connectivity index (χ1) is 8.10. The number of nitrogens with one attached hydrogen (secondary N) is 1. The average molecular weight is 257 g/mol. The van der Waals surface area contributed by atoms with E-state index in [-0.39, 0.29) is 12.5 Å². The van der Waals surface area contributed by atoms with Crippen molar-refractivity contribution in [2.75, 3.05) is 25.0 Å². The van der Waals surface area contributed by atoms with Crippen molar-refractivity contribution in [3.05, 3.63) is 17.0 Å². The van der Waals surface area contributed by atoms with Crippen LogP contribution in [0.1, 0.15) is 18.9 Å². The van der Waals surface area contributed by atoms with E-state index in [0.717, 1.165) is 24.3 Å². The summed E-state index contributed by atoms with van der Waals surface area (Å²) in [7, 11) is 1.62. The van der Waals surface area contributed by atoms with Crippen LogP contribution < -0.4 is 10.2 Å². The summed E-state index contributed by atoms with van der Waals surface area (Å²) in [5.74, 6) is 0.669. The standard InChI is InChI=1S/C11H17ClN4O/c1-4-5-16(6-9(17)13-3)11-8(2)10(12)14-7-15-11/h7H,4-6H2,1-3H3,(H,13,17). The molecule has 17 heavy (non-hydrogen) atoms. The number of likely N-dealkylation sites (N-methyl/N-ethyl adjacent to an activating group) is 1. The first-order valence-electron chi connectivity index (χ1n) is 5.52. The van der Waals surface area contributed by atoms with E-state index >= 15 is 0 Å². The smallest absolute Gasteiger partial charge is 0.239 e. The fourth-order valence-corrected chi connectivity index (χ4v) is 1.65. The van der Waals surface area contributed by atoms with Crippen LogP contribution in [-0.4, -0.2) is 36.0 Å². The fraction of sp³-hybridized carbons (Fsp3) is 0.545. The van der Waals surface area contributed by atoms with Crippen LogP contribution in [0.4, 0.5) is 5.82 Å². The lowest BCUT2D eigenvalue weighted by Crippen LogP contribution is -2.37. The second kappa shape index (κ2) is 6.39. The molecule has 0 atom stereocenters. The summed E-state index contributed by atoms with van der Waals surface area (Å²) in [6.45, 7) is 4.93. The minimum Gasteiger partial charge on any atom is -0.358 e. The Balaban J connectivity index is 2.96. The monoisotopic (exact) mass is 256 g/mol. The van der Waals surface area contributed by atoms with Gasteiger partial charge in [-0.05, 0) is 13.3 Å². The van der Waals surface area contributed by atoms with Crippen molar-refractivity contribution in [1.82, 2.24) is 15.3 Å². The summed E-state index contributed by atoms with van der Waals surface area (Å²) in [5.41, 5.74) is 0.798. The molecule has 0 radical (unpaired) electrons. The van der Waals surface area contributed by atoms with E-state index in [9.17, 15) is 4.79 Å². The molecule has 0 saturated carbocycles. The van der Waals surface area contributed by atoms with Gasteiger partial charge in [0.1, 0.15) is 17.3 Å². The minimum atomic E-state index is -0.0485. The van der Waals surface area contributed by atoms with Crippen LogP contribution >= 0.6 is 11.6 Å². The van der Waals surface area contributed by atoms with Crippen molar-refractivity contribution in [2.24, 2.45) is 0 Å². The summed E-state index contributed by atoms with van der Waals surface area (Å²) in [6, 6.07) is 0. The molecule has 1 aromatic heterocycles. The molecule has 1 amide bonds. The molecule has 94 valence electrons. The Morgan fingerprint density at radius 2 is 2.24 bits per heavy atom. The number of halogens is 1. The highest BCUT2D eigenvalue weighted by atomic mass is 35.5. The van der Waals surface area contributed by atoms with E-state index < -0.39 is 0 Å². The van der Waals surface area contributed by atoms with Gasteiger partial charge in [0.25, 0.3) is 0 Å². The largest absolute Gasteiger partial charge is 0.358 e. The predicted molar refractivity (Wildman–Crippen MR) is 68.3 cm³/mol. The van der Waals surface area contributed by atoms with E-state index in [1.807, 2.05) is 11.8 Å². The molecule has 1 aromatic rings. The van der Waals surface area contributed by atoms with E-state index in [4.69, 9.17) is 11.6 Å². The van der Waals surface area contributed by atoms with Gasteiger partial charge in [-0.1, -0.05) is 18.5 Å². The quantitative estimate of drug-likeness (QED) is 0.809. The Morgan fingerprint density at radius 1 is 1.53 bits per heavy atom. The summed E-state index contributed by atoms with van der Waals surface area (Å²) >= 11 is 5.95. The van der Waals surface area contributed by atoms with Crippen LogP contribution in [0.3, 0.4) is 0 Å². The van der Waals surface area contributed by atoms with E-state index in [1.54, 1.807) is 7.05 Å². The highest BCUT2D eigenvalue weighted by Crippen LogP contribution is 2.21. The van der Waals surface area contributed by atoms with Gasteiger partial charge in [0.05, 0.1) is 6.54 Å². The molecule has 1 heterocycles. The second-order valence-electron chi connectivity index (χ2n) is 3.71. The van der Waals surface area contributed by atoms with Crippen molar-refractivity contribution in [3.63, 3.8) is 0 Å². The Labute approximate surface area is 106 Å². The third-order valence-corrected chi connectivity index (χ3v) is 2.78. The maximum Gasteiger partial charge on any atom is 0.239 e. The summed E-state index contributed by atoms with van der Waals surface area (Å²) in [6.07, 6.45) is 2.34. The lowest BCUT2D eigenvalue weighted by molar-refractivity contribution is -0.119. The van der Waals surface area contributed by atoms with Crippen molar-refractivity contribution < 1.29 is 4.79 Å². The zero-order valence-corrected chi connectivity index (χ0v) is 11.1. The van der Waals surface area contributed by atoms with Gasteiger partial charge in [-0.15, -0.1) is 0 Å². The number of carbonyl (C=O) groups is 1. The topological polar surface area (TPSA) is 58.1 Å². The molecule has 5 nitrogen and oxygen atoms in total. The number of nitrogens with zero attached hydrogens (tertiary/aromatic N) is 3. The molecule has 0 aliphatic rings. The van der Waals surface area contributed by atoms with E-state index in [2.05, 4.69) is 22.2 Å². The van der Waals surface area contributed by atoms with Gasteiger partial charge in [0, 0.05) is 19.2 Å². The number of amides is 1. The van der Waals surface area contributed by atoms with Gasteiger partial charge in [0.2, 0.25) is 5.91 Å². The molecule has 0 aliphatic carbocycles. The van der Waals surface area contributed by atoms with Crippen molar-refractivity contribution in [1.29, 1.82) is 0 Å². The van der Waals surface area contributed by atoms with Crippen molar-refractivity contribution in [3.8, 4) is 0 Å². The molecule has 6 heteroatoms. The Kier molecular flexibility index (Phi) is 5.15. The number of rotatable bonds is 5. The third-order valence-electron chi connectivity index (χ3n) is 2.40. The van der Waals surface area contributed by atoms with Crippen molar-refractivity contribution >= 4 is 23.3 Å². The van der Waals surface area contributed by atoms with Crippen LogP contribution in [0.2, 0.25) is 5.15 Å². The average Bonchev–Trinajstić information content (AvgIpc) is 2.32. The van der Waals surface area contributed by atoms with Gasteiger partial charge >= 0.3 is 0 Å². The lowest BCUT2D eigenvalue weighted by atomic mass is 10.3. The van der Waals surface area contributed by atoms with Crippen molar-refractivity contribution in [2.45, 2.75) is 20.3 Å². The molecule has 0 saturated heterocycles. The maximum atomic E-state index is 11.4. The van der Waals surface area contributed by atoms with Crippen LogP contribution in [0.15, 0.2) is 6.33 Å². The maximum absolute atomic E-state index is 11.4. The molecule has 1 rings (SSSR count). The third kappa shape index (κ3) is 3.56. The van der Waals surface area contributed by atoms with Gasteiger partial charge in [0.15, 0.2) is 0 Å². The summed E-state index contributed by atoms with van der Waals surface area (Å²) in [5, 5.41) is 3.02. The van der Waals surface area contributed by atoms with Gasteiger partial charge in [-0.2, -0.15) is 0 Å². The Bertz CT molecular complexity index is 397. The lowest BCUT2D eigenvalue weighted by Gasteiger charge is -2.23. The number of carbonyl (C=O) groups excluding carboxylic acids is 1. The Hall–Kier alpha value is -1.36. The molecule has 0 unspecified atom stereocenters. The van der Waals surface area contributed by atoms with Gasteiger partial charge in [-0.25, -0.2) is 9.97 Å². The Morgan fingerprint density at radius 3 is 2.82 bits per heavy atom. The number of anilines is 1. The van der Waals surface area contributed by atoms with Crippen LogP contribution in [0.5, 0.6) is 0 Å². The first-order valence-corrected chi connectivity index (χ1v) is 5.90. The first kappa shape index (κ1) is 13.7. The zero-order chi connectivity index (χ0) is 12.8. The molecule has 0 bridgehead atoms. The van der Waals surface area contributed by atoms with E-state index in [1.165, 1.54) is 6.33 Å². The number of aromatic nitrogens is 2. The van der Waals surface area contributed by atoms with Crippen LogP contribution in [-0.2, 0) is 4.79 Å². The summed E-state index contributed by atoms with van der Waals surface area (Å²) < 4.78 is 0. The predicted octanol–water partition coefficient (Wildman–Crippen LogP) is 1.40. The highest BCUT2D eigenvalue weighted by molar-refractivity contribution is 6.30. The molecule has 0 aromatic carbocycles. The number of hydrogen-bond acceptors (Lipinski definition) is 4. The van der Waals surface area contributed by atoms with Crippen LogP contribution in [0, 0.1) is 6.92 Å². The van der Waals surface area contributed by atoms with Gasteiger partial charge in [-0.3, -0.25) is 4.79 Å². The molecular formula is C11H17ClN4O. The van der Waals surface area contributed by atoms with Crippen LogP contribution in [0.25, 0.3) is 0 Å². The van der Waals surface area contributed by atoms with E-state index in [0.29, 0.717) is 5.15 Å².